The highest BCUT2D eigenvalue weighted by Gasteiger charge is 2.21. The second-order valence-corrected chi connectivity index (χ2v) is 4.18. The first-order chi connectivity index (χ1) is 6.29. The van der Waals surface area contributed by atoms with Crippen LogP contribution in [0, 0.1) is 5.82 Å². The summed E-state index contributed by atoms with van der Waals surface area (Å²) in [5, 5.41) is 3.24. The van der Waals surface area contributed by atoms with Crippen LogP contribution in [0.25, 0.3) is 0 Å². The molecule has 13 heavy (non-hydrogen) atoms. The number of rotatable bonds is 1. The molecule has 0 spiro atoms. The van der Waals surface area contributed by atoms with Gasteiger partial charge in [-0.25, -0.2) is 4.39 Å². The Morgan fingerprint density at radius 2 is 2.31 bits per heavy atom. The lowest BCUT2D eigenvalue weighted by atomic mass is 9.98. The quantitative estimate of drug-likeness (QED) is 0.800. The smallest absolute Gasteiger partial charge is 0.127 e. The van der Waals surface area contributed by atoms with Gasteiger partial charge in [-0.05, 0) is 25.1 Å². The molecule has 1 N–H and O–H groups in total. The third-order valence-electron chi connectivity index (χ3n) is 2.47. The van der Waals surface area contributed by atoms with Crippen LogP contribution >= 0.6 is 15.9 Å². The Morgan fingerprint density at radius 1 is 1.46 bits per heavy atom. The maximum absolute atomic E-state index is 13.4. The van der Waals surface area contributed by atoms with Gasteiger partial charge in [0.05, 0.1) is 0 Å². The largest absolute Gasteiger partial charge is 0.316 e. The van der Waals surface area contributed by atoms with Gasteiger partial charge in [-0.3, -0.25) is 0 Å². The minimum Gasteiger partial charge on any atom is -0.316 e. The minimum atomic E-state index is -0.0944. The highest BCUT2D eigenvalue weighted by molar-refractivity contribution is 9.10. The molecule has 1 aliphatic heterocycles. The molecule has 3 heteroatoms. The van der Waals surface area contributed by atoms with E-state index in [1.165, 1.54) is 6.07 Å². The maximum atomic E-state index is 13.4. The van der Waals surface area contributed by atoms with Crippen LogP contribution in [0.1, 0.15) is 17.9 Å². The average Bonchev–Trinajstić information content (AvgIpc) is 2.57. The van der Waals surface area contributed by atoms with E-state index in [0.29, 0.717) is 5.92 Å². The monoisotopic (exact) mass is 243 g/mol. The molecule has 0 radical (unpaired) electrons. The first-order valence-corrected chi connectivity index (χ1v) is 5.23. The Morgan fingerprint density at radius 3 is 2.92 bits per heavy atom. The summed E-state index contributed by atoms with van der Waals surface area (Å²) in [4.78, 5) is 0. The van der Waals surface area contributed by atoms with Crippen molar-refractivity contribution in [3.05, 3.63) is 34.1 Å². The Balaban J connectivity index is 2.37. The lowest BCUT2D eigenvalue weighted by Crippen LogP contribution is -2.09. The standard InChI is InChI=1S/C10H11BrFN/c11-8-2-1-3-9(12)10(8)7-4-5-13-6-7/h1-3,7,13H,4-6H2/t7-/m0/s1. The molecule has 70 valence electrons. The highest BCUT2D eigenvalue weighted by atomic mass is 79.9. The van der Waals surface area contributed by atoms with Crippen molar-refractivity contribution in [2.24, 2.45) is 0 Å². The summed E-state index contributed by atoms with van der Waals surface area (Å²) < 4.78 is 14.3. The first-order valence-electron chi connectivity index (χ1n) is 4.43. The lowest BCUT2D eigenvalue weighted by Gasteiger charge is -2.11. The SMILES string of the molecule is Fc1cccc(Br)c1[C@H]1CCNC1. The van der Waals surface area contributed by atoms with Crippen LogP contribution in [0.2, 0.25) is 0 Å². The number of nitrogens with one attached hydrogen (secondary N) is 1. The van der Waals surface area contributed by atoms with Gasteiger partial charge in [0, 0.05) is 22.5 Å². The van der Waals surface area contributed by atoms with Crippen LogP contribution in [-0.4, -0.2) is 13.1 Å². The summed E-state index contributed by atoms with van der Waals surface area (Å²) in [6.45, 7) is 1.88. The van der Waals surface area contributed by atoms with Crippen LogP contribution < -0.4 is 5.32 Å². The lowest BCUT2D eigenvalue weighted by molar-refractivity contribution is 0.586. The normalized spacial score (nSPS) is 22.2. The molecule has 1 heterocycles. The van der Waals surface area contributed by atoms with E-state index in [-0.39, 0.29) is 5.82 Å². The molecule has 0 unspecified atom stereocenters. The molecule has 1 aliphatic rings. The van der Waals surface area contributed by atoms with E-state index in [1.807, 2.05) is 6.07 Å². The van der Waals surface area contributed by atoms with Gasteiger partial charge in [-0.2, -0.15) is 0 Å². The van der Waals surface area contributed by atoms with Crippen molar-refractivity contribution in [3.63, 3.8) is 0 Å². The molecule has 1 aromatic rings. The van der Waals surface area contributed by atoms with E-state index in [4.69, 9.17) is 0 Å². The van der Waals surface area contributed by atoms with E-state index in [2.05, 4.69) is 21.2 Å². The molecule has 1 saturated heterocycles. The Bertz CT molecular complexity index is 288. The third kappa shape index (κ3) is 1.76. The van der Waals surface area contributed by atoms with E-state index in [1.54, 1.807) is 6.07 Å². The van der Waals surface area contributed by atoms with Gasteiger partial charge in [0.2, 0.25) is 0 Å². The molecule has 2 rings (SSSR count). The predicted molar refractivity (Wildman–Crippen MR) is 54.3 cm³/mol. The van der Waals surface area contributed by atoms with Gasteiger partial charge < -0.3 is 5.32 Å². The Labute approximate surface area is 85.5 Å². The van der Waals surface area contributed by atoms with E-state index >= 15 is 0 Å². The minimum absolute atomic E-state index is 0.0944. The summed E-state index contributed by atoms with van der Waals surface area (Å²) in [6.07, 6.45) is 1.03. The fourth-order valence-corrected chi connectivity index (χ4v) is 2.47. The number of benzene rings is 1. The second-order valence-electron chi connectivity index (χ2n) is 3.33. The van der Waals surface area contributed by atoms with Gasteiger partial charge in [0.25, 0.3) is 0 Å². The molecule has 0 saturated carbocycles. The zero-order valence-electron chi connectivity index (χ0n) is 7.19. The molecule has 1 aromatic carbocycles. The summed E-state index contributed by atoms with van der Waals surface area (Å²) >= 11 is 3.39. The van der Waals surface area contributed by atoms with Crippen molar-refractivity contribution in [3.8, 4) is 0 Å². The van der Waals surface area contributed by atoms with Gasteiger partial charge >= 0.3 is 0 Å². The Kier molecular flexibility index (Phi) is 2.65. The van der Waals surface area contributed by atoms with Gasteiger partial charge in [0.1, 0.15) is 5.82 Å². The zero-order chi connectivity index (χ0) is 9.26. The van der Waals surface area contributed by atoms with Gasteiger partial charge in [0.15, 0.2) is 0 Å². The fraction of sp³-hybridized carbons (Fsp3) is 0.400. The predicted octanol–water partition coefficient (Wildman–Crippen LogP) is 2.67. The molecular weight excluding hydrogens is 233 g/mol. The highest BCUT2D eigenvalue weighted by Crippen LogP contribution is 2.31. The average molecular weight is 244 g/mol. The molecular formula is C10H11BrFN. The van der Waals surface area contributed by atoms with Crippen molar-refractivity contribution in [2.75, 3.05) is 13.1 Å². The van der Waals surface area contributed by atoms with Crippen molar-refractivity contribution >= 4 is 15.9 Å². The topological polar surface area (TPSA) is 12.0 Å². The number of hydrogen-bond donors (Lipinski definition) is 1. The van der Waals surface area contributed by atoms with Crippen LogP contribution in [-0.2, 0) is 0 Å². The van der Waals surface area contributed by atoms with Crippen LogP contribution in [0.5, 0.6) is 0 Å². The van der Waals surface area contributed by atoms with Gasteiger partial charge in [-0.1, -0.05) is 22.0 Å². The summed E-state index contributed by atoms with van der Waals surface area (Å²) in [6, 6.07) is 5.15. The summed E-state index contributed by atoms with van der Waals surface area (Å²) in [5.74, 6) is 0.235. The van der Waals surface area contributed by atoms with E-state index in [9.17, 15) is 4.39 Å². The van der Waals surface area contributed by atoms with E-state index in [0.717, 1.165) is 29.5 Å². The van der Waals surface area contributed by atoms with E-state index < -0.39 is 0 Å². The van der Waals surface area contributed by atoms with Crippen molar-refractivity contribution < 1.29 is 4.39 Å². The third-order valence-corrected chi connectivity index (χ3v) is 3.16. The van der Waals surface area contributed by atoms with Crippen molar-refractivity contribution in [1.82, 2.24) is 5.32 Å². The Hall–Kier alpha value is -0.410. The van der Waals surface area contributed by atoms with Crippen molar-refractivity contribution in [1.29, 1.82) is 0 Å². The molecule has 1 fully saturated rings. The summed E-state index contributed by atoms with van der Waals surface area (Å²) in [7, 11) is 0. The van der Waals surface area contributed by atoms with Crippen molar-refractivity contribution in [2.45, 2.75) is 12.3 Å². The molecule has 0 aromatic heterocycles. The second kappa shape index (κ2) is 3.76. The molecule has 0 aliphatic carbocycles. The number of hydrogen-bond acceptors (Lipinski definition) is 1. The molecule has 0 bridgehead atoms. The van der Waals surface area contributed by atoms with Gasteiger partial charge in [-0.15, -0.1) is 0 Å². The zero-order valence-corrected chi connectivity index (χ0v) is 8.77. The summed E-state index contributed by atoms with van der Waals surface area (Å²) in [5.41, 5.74) is 0.826. The fourth-order valence-electron chi connectivity index (χ4n) is 1.80. The first kappa shape index (κ1) is 9.16. The molecule has 1 nitrogen and oxygen atoms in total. The number of halogens is 2. The van der Waals surface area contributed by atoms with Crippen LogP contribution in [0.15, 0.2) is 22.7 Å². The molecule has 0 amide bonds. The molecule has 1 atom stereocenters. The van der Waals surface area contributed by atoms with Crippen LogP contribution in [0.4, 0.5) is 4.39 Å². The maximum Gasteiger partial charge on any atom is 0.127 e. The van der Waals surface area contributed by atoms with Crippen LogP contribution in [0.3, 0.4) is 0 Å².